The number of hydrogen-bond donors (Lipinski definition) is 0. The molecular formula is C17H12N2OS3. The van der Waals surface area contributed by atoms with Gasteiger partial charge in [0.15, 0.2) is 5.78 Å². The summed E-state index contributed by atoms with van der Waals surface area (Å²) in [6, 6.07) is 10.1. The lowest BCUT2D eigenvalue weighted by Gasteiger charge is -2.01. The molecule has 23 heavy (non-hydrogen) atoms. The number of Topliss-reactive ketones (excluding diaryl/α,β-unsaturated/α-hetero) is 1. The Balaban J connectivity index is 1.60. The topological polar surface area (TPSA) is 42.9 Å². The van der Waals surface area contributed by atoms with Crippen molar-refractivity contribution in [2.45, 2.75) is 11.9 Å². The number of ketones is 1. The van der Waals surface area contributed by atoms with Crippen molar-refractivity contribution in [3.8, 4) is 0 Å². The molecule has 1 aromatic carbocycles. The normalized spacial score (nSPS) is 11.3. The summed E-state index contributed by atoms with van der Waals surface area (Å²) in [5, 5.41) is 4.06. The lowest BCUT2D eigenvalue weighted by atomic mass is 10.1. The highest BCUT2D eigenvalue weighted by Crippen LogP contribution is 2.33. The summed E-state index contributed by atoms with van der Waals surface area (Å²) in [5.41, 5.74) is 2.03. The Morgan fingerprint density at radius 1 is 1.22 bits per heavy atom. The first-order valence-electron chi connectivity index (χ1n) is 7.06. The maximum absolute atomic E-state index is 12.6. The van der Waals surface area contributed by atoms with Gasteiger partial charge in [-0.2, -0.15) is 0 Å². The Morgan fingerprint density at radius 3 is 2.96 bits per heavy atom. The largest absolute Gasteiger partial charge is 0.292 e. The highest BCUT2D eigenvalue weighted by molar-refractivity contribution is 8.00. The predicted molar refractivity (Wildman–Crippen MR) is 99.0 cm³/mol. The molecule has 0 saturated carbocycles. The molecule has 0 aliphatic rings. The number of aryl methyl sites for hydroxylation is 1. The standard InChI is InChI=1S/C17H12N2OS3/c1-10-11-4-2-3-5-14(11)23-15(10)13(20)8-22-17-16-12(6-7-21-16)18-9-19-17/h2-7,9H,8H2,1H3. The first-order valence-corrected chi connectivity index (χ1v) is 9.74. The van der Waals surface area contributed by atoms with Crippen LogP contribution in [0.2, 0.25) is 0 Å². The van der Waals surface area contributed by atoms with Crippen LogP contribution in [-0.4, -0.2) is 21.5 Å². The fourth-order valence-corrected chi connectivity index (χ4v) is 5.57. The molecule has 3 aromatic heterocycles. The number of nitrogens with zero attached hydrogens (tertiary/aromatic N) is 2. The first kappa shape index (κ1) is 14.8. The van der Waals surface area contributed by atoms with E-state index in [4.69, 9.17) is 0 Å². The minimum Gasteiger partial charge on any atom is -0.292 e. The number of carbonyl (C=O) groups is 1. The van der Waals surface area contributed by atoms with Crippen LogP contribution in [0.3, 0.4) is 0 Å². The number of fused-ring (bicyclic) bond motifs is 2. The highest BCUT2D eigenvalue weighted by Gasteiger charge is 2.16. The van der Waals surface area contributed by atoms with Crippen molar-refractivity contribution < 1.29 is 4.79 Å². The second-order valence-corrected chi connectivity index (χ2v) is 8.01. The van der Waals surface area contributed by atoms with E-state index < -0.39 is 0 Å². The molecule has 3 nitrogen and oxygen atoms in total. The van der Waals surface area contributed by atoms with Gasteiger partial charge in [-0.25, -0.2) is 9.97 Å². The van der Waals surface area contributed by atoms with E-state index in [0.29, 0.717) is 5.75 Å². The Bertz CT molecular complexity index is 1020. The highest BCUT2D eigenvalue weighted by atomic mass is 32.2. The number of rotatable bonds is 4. The van der Waals surface area contributed by atoms with E-state index in [1.165, 1.54) is 21.8 Å². The van der Waals surface area contributed by atoms with Crippen molar-refractivity contribution in [2.75, 3.05) is 5.75 Å². The molecule has 0 aliphatic carbocycles. The zero-order valence-electron chi connectivity index (χ0n) is 12.3. The van der Waals surface area contributed by atoms with Crippen LogP contribution in [0.15, 0.2) is 47.1 Å². The van der Waals surface area contributed by atoms with Crippen LogP contribution in [0.25, 0.3) is 20.3 Å². The summed E-state index contributed by atoms with van der Waals surface area (Å²) in [4.78, 5) is 22.0. The molecule has 0 aliphatic heterocycles. The first-order chi connectivity index (χ1) is 11.2. The fourth-order valence-electron chi connectivity index (χ4n) is 2.51. The zero-order valence-corrected chi connectivity index (χ0v) is 14.7. The number of carbonyl (C=O) groups excluding carboxylic acids is 1. The molecule has 0 N–H and O–H groups in total. The third kappa shape index (κ3) is 2.67. The molecule has 4 rings (SSSR count). The summed E-state index contributed by atoms with van der Waals surface area (Å²) in [6.07, 6.45) is 1.56. The zero-order chi connectivity index (χ0) is 15.8. The van der Waals surface area contributed by atoms with E-state index >= 15 is 0 Å². The van der Waals surface area contributed by atoms with Crippen LogP contribution < -0.4 is 0 Å². The lowest BCUT2D eigenvalue weighted by Crippen LogP contribution is -2.01. The Morgan fingerprint density at radius 2 is 2.09 bits per heavy atom. The number of aromatic nitrogens is 2. The summed E-state index contributed by atoms with van der Waals surface area (Å²) < 4.78 is 2.22. The van der Waals surface area contributed by atoms with Crippen LogP contribution in [0.1, 0.15) is 15.2 Å². The molecule has 6 heteroatoms. The van der Waals surface area contributed by atoms with Crippen LogP contribution in [0.4, 0.5) is 0 Å². The van der Waals surface area contributed by atoms with E-state index in [1.54, 1.807) is 29.0 Å². The fraction of sp³-hybridized carbons (Fsp3) is 0.118. The molecule has 0 saturated heterocycles. The third-order valence-electron chi connectivity index (χ3n) is 3.65. The van der Waals surface area contributed by atoms with Gasteiger partial charge in [0.1, 0.15) is 11.4 Å². The number of hydrogen-bond acceptors (Lipinski definition) is 6. The molecule has 114 valence electrons. The molecule has 0 unspecified atom stereocenters. The van der Waals surface area contributed by atoms with E-state index in [2.05, 4.69) is 22.1 Å². The second-order valence-electron chi connectivity index (χ2n) is 5.08. The summed E-state index contributed by atoms with van der Waals surface area (Å²) in [5.74, 6) is 0.564. The van der Waals surface area contributed by atoms with Crippen molar-refractivity contribution in [3.63, 3.8) is 0 Å². The number of benzene rings is 1. The number of thiophene rings is 2. The minimum absolute atomic E-state index is 0.164. The van der Waals surface area contributed by atoms with Gasteiger partial charge in [-0.05, 0) is 35.4 Å². The van der Waals surface area contributed by atoms with Crippen LogP contribution in [0, 0.1) is 6.92 Å². The molecule has 4 aromatic rings. The number of thioether (sulfide) groups is 1. The summed E-state index contributed by atoms with van der Waals surface area (Å²) >= 11 is 4.69. The molecule has 0 atom stereocenters. The van der Waals surface area contributed by atoms with E-state index in [-0.39, 0.29) is 5.78 Å². The van der Waals surface area contributed by atoms with Gasteiger partial charge in [0.2, 0.25) is 0 Å². The molecule has 3 heterocycles. The predicted octanol–water partition coefficient (Wildman–Crippen LogP) is 5.19. The van der Waals surface area contributed by atoms with Crippen LogP contribution >= 0.6 is 34.4 Å². The monoisotopic (exact) mass is 356 g/mol. The van der Waals surface area contributed by atoms with Gasteiger partial charge in [-0.1, -0.05) is 30.0 Å². The van der Waals surface area contributed by atoms with Crippen LogP contribution in [-0.2, 0) is 0 Å². The lowest BCUT2D eigenvalue weighted by molar-refractivity contribution is 0.102. The van der Waals surface area contributed by atoms with Gasteiger partial charge in [0.05, 0.1) is 20.8 Å². The molecular weight excluding hydrogens is 344 g/mol. The van der Waals surface area contributed by atoms with Gasteiger partial charge in [-0.15, -0.1) is 22.7 Å². The average Bonchev–Trinajstić information content (AvgIpc) is 3.18. The summed E-state index contributed by atoms with van der Waals surface area (Å²) in [6.45, 7) is 2.03. The molecule has 0 bridgehead atoms. The Labute approximate surface area is 145 Å². The molecule has 0 amide bonds. The van der Waals surface area contributed by atoms with Crippen molar-refractivity contribution in [2.24, 2.45) is 0 Å². The van der Waals surface area contributed by atoms with Crippen molar-refractivity contribution >= 4 is 60.5 Å². The van der Waals surface area contributed by atoms with E-state index in [0.717, 1.165) is 25.7 Å². The van der Waals surface area contributed by atoms with Crippen molar-refractivity contribution in [3.05, 3.63) is 52.5 Å². The quantitative estimate of drug-likeness (QED) is 0.287. The van der Waals surface area contributed by atoms with Crippen molar-refractivity contribution in [1.82, 2.24) is 9.97 Å². The minimum atomic E-state index is 0.164. The SMILES string of the molecule is Cc1c(C(=O)CSc2ncnc3ccsc23)sc2ccccc12. The van der Waals surface area contributed by atoms with Crippen LogP contribution in [0.5, 0.6) is 0 Å². The smallest absolute Gasteiger partial charge is 0.183 e. The molecule has 0 fully saturated rings. The van der Waals surface area contributed by atoms with E-state index in [9.17, 15) is 4.79 Å². The summed E-state index contributed by atoms with van der Waals surface area (Å²) in [7, 11) is 0. The van der Waals surface area contributed by atoms with E-state index in [1.807, 2.05) is 30.5 Å². The maximum Gasteiger partial charge on any atom is 0.183 e. The van der Waals surface area contributed by atoms with Gasteiger partial charge in [-0.3, -0.25) is 4.79 Å². The molecule has 0 spiro atoms. The van der Waals surface area contributed by atoms with Crippen molar-refractivity contribution in [1.29, 1.82) is 0 Å². The second kappa shape index (κ2) is 6.03. The Kier molecular flexibility index (Phi) is 3.88. The average molecular weight is 356 g/mol. The van der Waals surface area contributed by atoms with Gasteiger partial charge >= 0.3 is 0 Å². The van der Waals surface area contributed by atoms with Gasteiger partial charge in [0, 0.05) is 4.70 Å². The molecule has 0 radical (unpaired) electrons. The van der Waals surface area contributed by atoms with Gasteiger partial charge < -0.3 is 0 Å². The van der Waals surface area contributed by atoms with Gasteiger partial charge in [0.25, 0.3) is 0 Å². The Hall–Kier alpha value is -1.76. The maximum atomic E-state index is 12.6. The third-order valence-corrected chi connectivity index (χ3v) is 6.99.